The van der Waals surface area contributed by atoms with E-state index >= 15 is 0 Å². The van der Waals surface area contributed by atoms with Gasteiger partial charge in [-0.05, 0) is 141 Å². The van der Waals surface area contributed by atoms with E-state index in [-0.39, 0.29) is 11.8 Å². The molecule has 1 aliphatic carbocycles. The Morgan fingerprint density at radius 1 is 1.06 bits per heavy atom. The van der Waals surface area contributed by atoms with Crippen LogP contribution in [0.15, 0.2) is 48.6 Å². The summed E-state index contributed by atoms with van der Waals surface area (Å²) in [7, 11) is 1.90. The largest absolute Gasteiger partial charge is 0.507 e. The number of hydrazine groups is 1. The van der Waals surface area contributed by atoms with Crippen molar-refractivity contribution in [2.75, 3.05) is 52.9 Å². The highest BCUT2D eigenvalue weighted by atomic mass is 16.6. The lowest BCUT2D eigenvalue weighted by atomic mass is 9.59. The Kier molecular flexibility index (Phi) is 10.1. The van der Waals surface area contributed by atoms with E-state index in [9.17, 15) is 9.90 Å². The summed E-state index contributed by atoms with van der Waals surface area (Å²) >= 11 is 0. The number of hydrogen-bond donors (Lipinski definition) is 3. The second-order valence-electron chi connectivity index (χ2n) is 17.1. The van der Waals surface area contributed by atoms with E-state index in [2.05, 4.69) is 33.0 Å². The predicted octanol–water partition coefficient (Wildman–Crippen LogP) is 5.87. The van der Waals surface area contributed by atoms with Gasteiger partial charge in [0.1, 0.15) is 17.2 Å². The van der Waals surface area contributed by atoms with Gasteiger partial charge in [0.2, 0.25) is 0 Å². The van der Waals surface area contributed by atoms with Gasteiger partial charge in [-0.25, -0.2) is 4.79 Å². The number of ether oxygens (including phenoxy) is 1. The molecule has 1 aromatic heterocycles. The normalized spacial score (nSPS) is 23.6. The molecule has 3 saturated heterocycles. The fraction of sp³-hybridized carbons (Fsp3) is 0.650. The van der Waals surface area contributed by atoms with Crippen LogP contribution in [0.2, 0.25) is 0 Å². The lowest BCUT2D eigenvalue weighted by Crippen LogP contribution is -2.57. The fourth-order valence-electron chi connectivity index (χ4n) is 9.29. The van der Waals surface area contributed by atoms with E-state index < -0.39 is 5.60 Å². The van der Waals surface area contributed by atoms with Crippen LogP contribution >= 0.6 is 0 Å². The minimum Gasteiger partial charge on any atom is -0.507 e. The molecule has 0 radical (unpaired) electrons. The summed E-state index contributed by atoms with van der Waals surface area (Å²) < 4.78 is 7.71. The number of nitrogens with zero attached hydrogens (tertiary/aromatic N) is 6. The maximum atomic E-state index is 12.5. The first kappa shape index (κ1) is 35.7. The van der Waals surface area contributed by atoms with Crippen molar-refractivity contribution in [3.05, 3.63) is 59.7 Å². The molecule has 11 heteroatoms. The van der Waals surface area contributed by atoms with Crippen molar-refractivity contribution in [2.24, 2.45) is 23.0 Å². The summed E-state index contributed by atoms with van der Waals surface area (Å²) in [6.07, 6.45) is 15.9. The zero-order valence-electron chi connectivity index (χ0n) is 31.5. The average Bonchev–Trinajstić information content (AvgIpc) is 3.58. The Bertz CT molecular complexity index is 1590. The van der Waals surface area contributed by atoms with Crippen molar-refractivity contribution >= 4 is 17.4 Å². The van der Waals surface area contributed by atoms with Crippen LogP contribution in [0.25, 0.3) is 11.3 Å². The van der Waals surface area contributed by atoms with E-state index in [1.807, 2.05) is 68.2 Å². The molecule has 1 spiro atoms. The molecule has 1 aromatic carbocycles. The third-order valence-electron chi connectivity index (χ3n) is 12.5. The van der Waals surface area contributed by atoms with Gasteiger partial charge in [0, 0.05) is 55.6 Å². The number of aromatic nitrogens is 2. The van der Waals surface area contributed by atoms with Gasteiger partial charge < -0.3 is 30.3 Å². The zero-order chi connectivity index (χ0) is 35.9. The highest BCUT2D eigenvalue weighted by Crippen LogP contribution is 2.52. The summed E-state index contributed by atoms with van der Waals surface area (Å²) in [5.74, 6) is 2.08. The number of rotatable bonds is 7. The first-order valence-electron chi connectivity index (χ1n) is 19.4. The predicted molar refractivity (Wildman–Crippen MR) is 201 cm³/mol. The third-order valence-corrected chi connectivity index (χ3v) is 12.5. The summed E-state index contributed by atoms with van der Waals surface area (Å²) in [5.41, 5.74) is 13.3. The van der Waals surface area contributed by atoms with Crippen LogP contribution in [0.1, 0.15) is 96.2 Å². The SMILES string of the molecule is CC(C1CCN(C2CC3(CCN(CC4CCN(C(=O)OC(C)(C)C)CC4)CC3)C2)CC1)n1cc(C2=C(N)NN(C)C(c3ccccc3O)=C2)cn1. The number of benzene rings is 1. The molecule has 1 atom stereocenters. The van der Waals surface area contributed by atoms with Crippen LogP contribution in [-0.4, -0.2) is 105 Å². The van der Waals surface area contributed by atoms with Crippen molar-refractivity contribution < 1.29 is 14.6 Å². The lowest BCUT2D eigenvalue weighted by molar-refractivity contribution is -0.0564. The second-order valence-corrected chi connectivity index (χ2v) is 17.1. The van der Waals surface area contributed by atoms with Gasteiger partial charge in [-0.3, -0.25) is 15.1 Å². The molecule has 7 rings (SSSR count). The number of allylic oxidation sites excluding steroid dienone is 2. The maximum absolute atomic E-state index is 12.5. The number of carbonyl (C=O) groups is 1. The Morgan fingerprint density at radius 3 is 2.41 bits per heavy atom. The third kappa shape index (κ3) is 7.89. The molecule has 5 heterocycles. The fourth-order valence-corrected chi connectivity index (χ4v) is 9.29. The van der Waals surface area contributed by atoms with Crippen molar-refractivity contribution in [3.63, 3.8) is 0 Å². The topological polar surface area (TPSA) is 115 Å². The van der Waals surface area contributed by atoms with Crippen LogP contribution in [0.4, 0.5) is 4.79 Å². The first-order valence-corrected chi connectivity index (χ1v) is 19.4. The molecule has 51 heavy (non-hydrogen) atoms. The smallest absolute Gasteiger partial charge is 0.410 e. The highest BCUT2D eigenvalue weighted by molar-refractivity contribution is 5.86. The number of nitrogens with two attached hydrogens (primary N) is 1. The number of nitrogens with one attached hydrogen (secondary N) is 1. The van der Waals surface area contributed by atoms with E-state index in [4.69, 9.17) is 15.6 Å². The zero-order valence-corrected chi connectivity index (χ0v) is 31.5. The number of para-hydroxylation sites is 1. The van der Waals surface area contributed by atoms with E-state index in [1.54, 1.807) is 6.07 Å². The summed E-state index contributed by atoms with van der Waals surface area (Å²) in [6, 6.07) is 8.42. The monoisotopic (exact) mass is 700 g/mol. The van der Waals surface area contributed by atoms with Gasteiger partial charge in [-0.15, -0.1) is 0 Å². The molecule has 5 aliphatic rings. The van der Waals surface area contributed by atoms with Crippen molar-refractivity contribution in [1.29, 1.82) is 0 Å². The molecule has 4 aliphatic heterocycles. The molecular weight excluding hydrogens is 640 g/mol. The van der Waals surface area contributed by atoms with Gasteiger partial charge in [0.25, 0.3) is 0 Å². The van der Waals surface area contributed by atoms with E-state index in [0.717, 1.165) is 54.4 Å². The molecule has 2 aromatic rings. The number of hydrogen-bond acceptors (Lipinski definition) is 9. The van der Waals surface area contributed by atoms with Crippen LogP contribution < -0.4 is 11.2 Å². The summed E-state index contributed by atoms with van der Waals surface area (Å²) in [6.45, 7) is 15.8. The number of carbonyl (C=O) groups excluding carboxylic acids is 1. The molecule has 4 N–H and O–H groups in total. The molecule has 1 unspecified atom stereocenters. The molecule has 4 fully saturated rings. The molecule has 0 bridgehead atoms. The number of piperidine rings is 3. The van der Waals surface area contributed by atoms with Crippen LogP contribution in [0.5, 0.6) is 5.75 Å². The number of aromatic hydroxyl groups is 1. The number of phenols is 1. The average molecular weight is 701 g/mol. The van der Waals surface area contributed by atoms with Gasteiger partial charge in [-0.2, -0.15) is 5.10 Å². The minimum atomic E-state index is -0.431. The van der Waals surface area contributed by atoms with E-state index in [0.29, 0.717) is 29.1 Å². The summed E-state index contributed by atoms with van der Waals surface area (Å²) in [4.78, 5) is 19.8. The van der Waals surface area contributed by atoms with Gasteiger partial charge >= 0.3 is 6.09 Å². The lowest BCUT2D eigenvalue weighted by Gasteiger charge is -2.56. The summed E-state index contributed by atoms with van der Waals surface area (Å²) in [5, 5.41) is 17.1. The quantitative estimate of drug-likeness (QED) is 0.326. The second kappa shape index (κ2) is 14.4. The van der Waals surface area contributed by atoms with Gasteiger partial charge in [0.05, 0.1) is 17.9 Å². The number of phenolic OH excluding ortho intramolecular Hbond substituents is 1. The molecule has 1 saturated carbocycles. The molecule has 1 amide bonds. The standard InChI is InChI=1S/C40H60N8O3/c1-28(48-27-31(25-42-48)34-22-35(44(5)43-37(34)41)33-8-6-7-9-36(33)49)30-12-18-46(19-13-30)32-23-40(24-32)14-20-45(21-15-40)26-29-10-16-47(17-11-29)38(50)51-39(2,3)4/h6-9,22,25,27-30,32,43,49H,10-21,23-24,26,41H2,1-5H3. The van der Waals surface area contributed by atoms with Crippen LogP contribution in [0.3, 0.4) is 0 Å². The number of amides is 1. The van der Waals surface area contributed by atoms with Crippen molar-refractivity contribution in [3.8, 4) is 5.75 Å². The Labute approximate surface area is 304 Å². The highest BCUT2D eigenvalue weighted by Gasteiger charge is 2.48. The Balaban J connectivity index is 0.845. The van der Waals surface area contributed by atoms with Gasteiger partial charge in [-0.1, -0.05) is 12.1 Å². The molecule has 278 valence electrons. The Hall–Kier alpha value is -3.70. The van der Waals surface area contributed by atoms with Gasteiger partial charge in [0.15, 0.2) is 0 Å². The first-order chi connectivity index (χ1) is 24.4. The van der Waals surface area contributed by atoms with Crippen LogP contribution in [-0.2, 0) is 4.74 Å². The van der Waals surface area contributed by atoms with Crippen molar-refractivity contribution in [1.82, 2.24) is 34.9 Å². The van der Waals surface area contributed by atoms with Crippen LogP contribution in [0, 0.1) is 17.3 Å². The number of likely N-dealkylation sites (tertiary alicyclic amines) is 3. The molecular formula is C40H60N8O3. The minimum absolute atomic E-state index is 0.157. The van der Waals surface area contributed by atoms with E-state index in [1.165, 1.54) is 71.2 Å². The Morgan fingerprint density at radius 2 is 1.75 bits per heavy atom. The maximum Gasteiger partial charge on any atom is 0.410 e. The molecule has 11 nitrogen and oxygen atoms in total. The van der Waals surface area contributed by atoms with Crippen molar-refractivity contribution in [2.45, 2.75) is 96.7 Å².